The topological polar surface area (TPSA) is 49.4 Å². The van der Waals surface area contributed by atoms with Crippen LogP contribution in [0.1, 0.15) is 50.2 Å². The standard InChI is InChI=1S/C25H29BrCl2N2O2S/c1-2-23(25(32)29-19-6-3-4-7-19)30(14-20-21(27)8-5-9-22(20)28)24(31)16-33-15-17-10-12-18(26)13-11-17/h5,8-13,19,23H,2-4,6-7,14-16H2,1H3,(H,29,32)/t23-/m1/s1. The molecule has 0 radical (unpaired) electrons. The quantitative estimate of drug-likeness (QED) is 0.339. The maximum Gasteiger partial charge on any atom is 0.243 e. The van der Waals surface area contributed by atoms with Gasteiger partial charge in [0, 0.05) is 38.4 Å². The second kappa shape index (κ2) is 13.0. The summed E-state index contributed by atoms with van der Waals surface area (Å²) in [6.45, 7) is 2.13. The van der Waals surface area contributed by atoms with Crippen LogP contribution in [0.2, 0.25) is 10.0 Å². The molecule has 0 heterocycles. The molecule has 0 bridgehead atoms. The first-order valence-corrected chi connectivity index (χ1v) is 13.9. The Balaban J connectivity index is 1.74. The number of rotatable bonds is 10. The van der Waals surface area contributed by atoms with Crippen molar-refractivity contribution in [1.82, 2.24) is 10.2 Å². The maximum absolute atomic E-state index is 13.4. The van der Waals surface area contributed by atoms with Crippen LogP contribution in [-0.2, 0) is 21.9 Å². The van der Waals surface area contributed by atoms with E-state index >= 15 is 0 Å². The highest BCUT2D eigenvalue weighted by molar-refractivity contribution is 9.10. The highest BCUT2D eigenvalue weighted by atomic mass is 79.9. The van der Waals surface area contributed by atoms with Crippen molar-refractivity contribution in [2.45, 2.75) is 63.4 Å². The van der Waals surface area contributed by atoms with Crippen LogP contribution in [0.3, 0.4) is 0 Å². The van der Waals surface area contributed by atoms with Gasteiger partial charge in [-0.15, -0.1) is 11.8 Å². The molecule has 1 N–H and O–H groups in total. The Hall–Kier alpha value is -1.21. The van der Waals surface area contributed by atoms with Gasteiger partial charge in [0.05, 0.1) is 5.75 Å². The lowest BCUT2D eigenvalue weighted by Crippen LogP contribution is -2.51. The Labute approximate surface area is 218 Å². The number of amides is 2. The predicted octanol–water partition coefficient (Wildman–Crippen LogP) is 6.86. The summed E-state index contributed by atoms with van der Waals surface area (Å²) >= 11 is 17.8. The number of nitrogens with one attached hydrogen (secondary N) is 1. The van der Waals surface area contributed by atoms with E-state index in [2.05, 4.69) is 21.2 Å². The fourth-order valence-corrected chi connectivity index (χ4v) is 5.71. The number of nitrogens with zero attached hydrogens (tertiary/aromatic N) is 1. The van der Waals surface area contributed by atoms with Gasteiger partial charge in [-0.05, 0) is 49.1 Å². The van der Waals surface area contributed by atoms with Crippen molar-refractivity contribution in [3.8, 4) is 0 Å². The molecule has 0 unspecified atom stereocenters. The summed E-state index contributed by atoms with van der Waals surface area (Å²) in [5.41, 5.74) is 1.81. The van der Waals surface area contributed by atoms with E-state index < -0.39 is 6.04 Å². The molecule has 1 aliphatic carbocycles. The molecule has 8 heteroatoms. The number of thioether (sulfide) groups is 1. The Morgan fingerprint density at radius 2 is 1.76 bits per heavy atom. The van der Waals surface area contributed by atoms with Gasteiger partial charge >= 0.3 is 0 Å². The largest absolute Gasteiger partial charge is 0.352 e. The Morgan fingerprint density at radius 3 is 2.36 bits per heavy atom. The molecule has 33 heavy (non-hydrogen) atoms. The molecular formula is C25H29BrCl2N2O2S. The smallest absolute Gasteiger partial charge is 0.243 e. The van der Waals surface area contributed by atoms with Crippen LogP contribution < -0.4 is 5.32 Å². The first-order valence-electron chi connectivity index (χ1n) is 11.2. The Morgan fingerprint density at radius 1 is 1.12 bits per heavy atom. The molecule has 0 saturated heterocycles. The van der Waals surface area contributed by atoms with E-state index in [1.54, 1.807) is 23.1 Å². The molecule has 178 valence electrons. The highest BCUT2D eigenvalue weighted by Gasteiger charge is 2.31. The van der Waals surface area contributed by atoms with Crippen molar-refractivity contribution in [3.63, 3.8) is 0 Å². The summed E-state index contributed by atoms with van der Waals surface area (Å²) in [7, 11) is 0. The molecule has 1 atom stereocenters. The van der Waals surface area contributed by atoms with Gasteiger partial charge in [-0.3, -0.25) is 9.59 Å². The predicted molar refractivity (Wildman–Crippen MR) is 142 cm³/mol. The molecular weight excluding hydrogens is 543 g/mol. The normalized spacial score (nSPS) is 14.8. The lowest BCUT2D eigenvalue weighted by Gasteiger charge is -2.32. The molecule has 0 aromatic heterocycles. The average molecular weight is 572 g/mol. The molecule has 2 aromatic rings. The molecule has 0 aliphatic heterocycles. The third kappa shape index (κ3) is 7.64. The van der Waals surface area contributed by atoms with Gasteiger partial charge in [-0.25, -0.2) is 0 Å². The average Bonchev–Trinajstić information content (AvgIpc) is 3.30. The van der Waals surface area contributed by atoms with Crippen LogP contribution in [0.25, 0.3) is 0 Å². The summed E-state index contributed by atoms with van der Waals surface area (Å²) in [6.07, 6.45) is 4.77. The van der Waals surface area contributed by atoms with Crippen LogP contribution in [0.5, 0.6) is 0 Å². The van der Waals surface area contributed by atoms with Crippen molar-refractivity contribution in [2.75, 3.05) is 5.75 Å². The fourth-order valence-electron chi connectivity index (χ4n) is 4.06. The van der Waals surface area contributed by atoms with Crippen LogP contribution >= 0.6 is 50.9 Å². The monoisotopic (exact) mass is 570 g/mol. The summed E-state index contributed by atoms with van der Waals surface area (Å²) in [5.74, 6) is 0.788. The second-order valence-corrected chi connectivity index (χ2v) is 11.0. The second-order valence-electron chi connectivity index (χ2n) is 8.26. The maximum atomic E-state index is 13.4. The van der Waals surface area contributed by atoms with E-state index in [-0.39, 0.29) is 30.2 Å². The minimum Gasteiger partial charge on any atom is -0.352 e. The van der Waals surface area contributed by atoms with Crippen molar-refractivity contribution in [1.29, 1.82) is 0 Å². The van der Waals surface area contributed by atoms with Crippen molar-refractivity contribution in [3.05, 3.63) is 68.1 Å². The summed E-state index contributed by atoms with van der Waals surface area (Å²) in [4.78, 5) is 28.2. The van der Waals surface area contributed by atoms with Gasteiger partial charge in [-0.2, -0.15) is 0 Å². The summed E-state index contributed by atoms with van der Waals surface area (Å²) in [6, 6.07) is 13.0. The Bertz CT molecular complexity index is 932. The first-order chi connectivity index (χ1) is 15.9. The number of carbonyl (C=O) groups is 2. The number of carbonyl (C=O) groups excluding carboxylic acids is 2. The minimum atomic E-state index is -0.571. The summed E-state index contributed by atoms with van der Waals surface area (Å²) in [5, 5.41) is 4.15. The van der Waals surface area contributed by atoms with Crippen molar-refractivity contribution >= 4 is 62.7 Å². The van der Waals surface area contributed by atoms with Gasteiger partial charge in [0.25, 0.3) is 0 Å². The van der Waals surface area contributed by atoms with E-state index in [0.29, 0.717) is 27.8 Å². The highest BCUT2D eigenvalue weighted by Crippen LogP contribution is 2.28. The lowest BCUT2D eigenvalue weighted by atomic mass is 10.1. The molecule has 1 fully saturated rings. The third-order valence-electron chi connectivity index (χ3n) is 5.89. The molecule has 2 amide bonds. The minimum absolute atomic E-state index is 0.0958. The number of hydrogen-bond donors (Lipinski definition) is 1. The van der Waals surface area contributed by atoms with Gasteiger partial charge in [0.2, 0.25) is 11.8 Å². The van der Waals surface area contributed by atoms with Gasteiger partial charge in [0.1, 0.15) is 6.04 Å². The first kappa shape index (κ1) is 26.4. The SMILES string of the molecule is CC[C@H](C(=O)NC1CCCC1)N(Cc1c(Cl)cccc1Cl)C(=O)CSCc1ccc(Br)cc1. The number of benzene rings is 2. The zero-order valence-corrected chi connectivity index (χ0v) is 22.6. The van der Waals surface area contributed by atoms with E-state index in [9.17, 15) is 9.59 Å². The molecule has 3 rings (SSSR count). The lowest BCUT2D eigenvalue weighted by molar-refractivity contribution is -0.139. The molecule has 4 nitrogen and oxygen atoms in total. The van der Waals surface area contributed by atoms with Crippen LogP contribution in [-0.4, -0.2) is 34.6 Å². The zero-order valence-electron chi connectivity index (χ0n) is 18.7. The van der Waals surface area contributed by atoms with Gasteiger partial charge in [0.15, 0.2) is 0 Å². The van der Waals surface area contributed by atoms with E-state index in [0.717, 1.165) is 35.7 Å². The fraction of sp³-hybridized carbons (Fsp3) is 0.440. The van der Waals surface area contributed by atoms with E-state index in [1.807, 2.05) is 31.2 Å². The molecule has 1 saturated carbocycles. The zero-order chi connectivity index (χ0) is 23.8. The van der Waals surface area contributed by atoms with Crippen molar-refractivity contribution < 1.29 is 9.59 Å². The Kier molecular flexibility index (Phi) is 10.4. The number of hydrogen-bond acceptors (Lipinski definition) is 3. The third-order valence-corrected chi connectivity index (χ3v) is 8.11. The van der Waals surface area contributed by atoms with Crippen LogP contribution in [0.15, 0.2) is 46.9 Å². The molecule has 2 aromatic carbocycles. The summed E-state index contributed by atoms with van der Waals surface area (Å²) < 4.78 is 1.02. The van der Waals surface area contributed by atoms with Crippen LogP contribution in [0, 0.1) is 0 Å². The molecule has 0 spiro atoms. The van der Waals surface area contributed by atoms with Gasteiger partial charge < -0.3 is 10.2 Å². The molecule has 1 aliphatic rings. The number of halogens is 3. The van der Waals surface area contributed by atoms with Crippen molar-refractivity contribution in [2.24, 2.45) is 0 Å². The van der Waals surface area contributed by atoms with Gasteiger partial charge in [-0.1, -0.05) is 77.1 Å². The van der Waals surface area contributed by atoms with E-state index in [4.69, 9.17) is 23.2 Å². The van der Waals surface area contributed by atoms with E-state index in [1.165, 1.54) is 11.8 Å². The van der Waals surface area contributed by atoms with Crippen LogP contribution in [0.4, 0.5) is 0 Å².